The van der Waals surface area contributed by atoms with Gasteiger partial charge in [-0.25, -0.2) is 9.66 Å². The van der Waals surface area contributed by atoms with E-state index in [1.165, 1.54) is 11.1 Å². The highest BCUT2D eigenvalue weighted by molar-refractivity contribution is 5.86. The predicted octanol–water partition coefficient (Wildman–Crippen LogP) is 3.77. The Morgan fingerprint density at radius 2 is 1.93 bits per heavy atom. The third-order valence-corrected chi connectivity index (χ3v) is 5.51. The summed E-state index contributed by atoms with van der Waals surface area (Å²) in [5.74, 6) is 1.28. The number of nitrogens with one attached hydrogen (secondary N) is 1. The van der Waals surface area contributed by atoms with Gasteiger partial charge in [0.1, 0.15) is 11.6 Å². The summed E-state index contributed by atoms with van der Waals surface area (Å²) in [7, 11) is 1.59. The predicted molar refractivity (Wildman–Crippen MR) is 113 cm³/mol. The Kier molecular flexibility index (Phi) is 5.60. The second-order valence-electron chi connectivity index (χ2n) is 7.53. The number of para-hydroxylation sites is 1. The lowest BCUT2D eigenvalue weighted by Crippen LogP contribution is -2.38. The Balaban J connectivity index is 1.68. The van der Waals surface area contributed by atoms with Gasteiger partial charge < -0.3 is 4.74 Å². The standard InChI is InChI=1S/C23H25N3O3/c1-29-18-11-7-8-16(14-18)15-21(27)25-26-22(17-9-3-2-4-10-17)24-20-13-6-5-12-19(20)23(26)28/h5-8,11-14,17H,2-4,9-10,15H2,1H3,(H,25,27). The van der Waals surface area contributed by atoms with Crippen LogP contribution in [-0.2, 0) is 11.2 Å². The number of benzene rings is 2. The van der Waals surface area contributed by atoms with Crippen molar-refractivity contribution < 1.29 is 9.53 Å². The molecule has 2 aromatic carbocycles. The average molecular weight is 391 g/mol. The van der Waals surface area contributed by atoms with Gasteiger partial charge in [-0.3, -0.25) is 15.0 Å². The second-order valence-corrected chi connectivity index (χ2v) is 7.53. The number of nitrogens with zero attached hydrogens (tertiary/aromatic N) is 2. The van der Waals surface area contributed by atoms with Crippen molar-refractivity contribution in [3.8, 4) is 5.75 Å². The van der Waals surface area contributed by atoms with Crippen LogP contribution in [0.25, 0.3) is 10.9 Å². The number of amides is 1. The van der Waals surface area contributed by atoms with Crippen molar-refractivity contribution in [2.45, 2.75) is 44.4 Å². The minimum Gasteiger partial charge on any atom is -0.497 e. The minimum atomic E-state index is -0.255. The van der Waals surface area contributed by atoms with Crippen molar-refractivity contribution in [3.63, 3.8) is 0 Å². The summed E-state index contributed by atoms with van der Waals surface area (Å²) < 4.78 is 6.60. The summed E-state index contributed by atoms with van der Waals surface area (Å²) >= 11 is 0. The van der Waals surface area contributed by atoms with Crippen LogP contribution in [0.2, 0.25) is 0 Å². The molecule has 0 atom stereocenters. The van der Waals surface area contributed by atoms with E-state index in [0.29, 0.717) is 22.5 Å². The molecule has 0 radical (unpaired) electrons. The topological polar surface area (TPSA) is 73.2 Å². The Bertz CT molecular complexity index is 1080. The van der Waals surface area contributed by atoms with E-state index in [0.717, 1.165) is 31.2 Å². The molecule has 0 unspecified atom stereocenters. The van der Waals surface area contributed by atoms with E-state index >= 15 is 0 Å². The lowest BCUT2D eigenvalue weighted by molar-refractivity contribution is -0.116. The molecule has 0 saturated heterocycles. The zero-order valence-corrected chi connectivity index (χ0v) is 16.6. The zero-order valence-electron chi connectivity index (χ0n) is 16.6. The van der Waals surface area contributed by atoms with Crippen LogP contribution in [0.3, 0.4) is 0 Å². The summed E-state index contributed by atoms with van der Waals surface area (Å²) in [6.07, 6.45) is 5.56. The van der Waals surface area contributed by atoms with Gasteiger partial charge in [-0.2, -0.15) is 0 Å². The number of methoxy groups -OCH3 is 1. The number of carbonyl (C=O) groups excluding carboxylic acids is 1. The fourth-order valence-electron chi connectivity index (χ4n) is 4.02. The van der Waals surface area contributed by atoms with E-state index in [9.17, 15) is 9.59 Å². The molecule has 150 valence electrons. The lowest BCUT2D eigenvalue weighted by atomic mass is 9.88. The minimum absolute atomic E-state index is 0.153. The summed E-state index contributed by atoms with van der Waals surface area (Å²) in [5, 5.41) is 0.508. The molecule has 6 nitrogen and oxygen atoms in total. The van der Waals surface area contributed by atoms with E-state index in [1.807, 2.05) is 42.5 Å². The maximum atomic E-state index is 13.2. The van der Waals surface area contributed by atoms with Crippen LogP contribution in [0.4, 0.5) is 0 Å². The fraction of sp³-hybridized carbons (Fsp3) is 0.348. The third kappa shape index (κ3) is 4.16. The molecule has 1 aliphatic rings. The van der Waals surface area contributed by atoms with Crippen molar-refractivity contribution in [2.75, 3.05) is 12.5 Å². The molecule has 1 aliphatic carbocycles. The van der Waals surface area contributed by atoms with Crippen molar-refractivity contribution in [2.24, 2.45) is 0 Å². The first kappa shape index (κ1) is 19.2. The second kappa shape index (κ2) is 8.47. The molecule has 1 saturated carbocycles. The summed E-state index contributed by atoms with van der Waals surface area (Å²) in [4.78, 5) is 30.7. The van der Waals surface area contributed by atoms with Gasteiger partial charge >= 0.3 is 0 Å². The SMILES string of the molecule is COc1cccc(CC(=O)Nn2c(C3CCCCC3)nc3ccccc3c2=O)c1. The number of hydrogen-bond donors (Lipinski definition) is 1. The summed E-state index contributed by atoms with van der Waals surface area (Å²) in [5.41, 5.74) is 4.09. The summed E-state index contributed by atoms with van der Waals surface area (Å²) in [6.45, 7) is 0. The van der Waals surface area contributed by atoms with Gasteiger partial charge in [-0.1, -0.05) is 43.5 Å². The Hall–Kier alpha value is -3.15. The van der Waals surface area contributed by atoms with Crippen LogP contribution in [0.15, 0.2) is 53.3 Å². The van der Waals surface area contributed by atoms with Crippen molar-refractivity contribution in [3.05, 3.63) is 70.3 Å². The Morgan fingerprint density at radius 3 is 2.72 bits per heavy atom. The fourth-order valence-corrected chi connectivity index (χ4v) is 4.02. The molecular weight excluding hydrogens is 366 g/mol. The van der Waals surface area contributed by atoms with Crippen molar-refractivity contribution in [1.29, 1.82) is 0 Å². The van der Waals surface area contributed by atoms with Crippen LogP contribution in [0, 0.1) is 0 Å². The van der Waals surface area contributed by atoms with Crippen LogP contribution < -0.4 is 15.7 Å². The van der Waals surface area contributed by atoms with E-state index in [2.05, 4.69) is 5.43 Å². The molecule has 0 spiro atoms. The number of carbonyl (C=O) groups is 1. The molecule has 0 aliphatic heterocycles. The third-order valence-electron chi connectivity index (χ3n) is 5.51. The van der Waals surface area contributed by atoms with E-state index < -0.39 is 0 Å². The molecule has 1 heterocycles. The molecule has 4 rings (SSSR count). The number of fused-ring (bicyclic) bond motifs is 1. The van der Waals surface area contributed by atoms with Gasteiger partial charge in [0, 0.05) is 5.92 Å². The molecule has 0 bridgehead atoms. The molecule has 1 aromatic heterocycles. The number of aromatic nitrogens is 2. The number of hydrogen-bond acceptors (Lipinski definition) is 4. The van der Waals surface area contributed by atoms with Crippen LogP contribution in [0.5, 0.6) is 5.75 Å². The summed E-state index contributed by atoms with van der Waals surface area (Å²) in [6, 6.07) is 14.7. The van der Waals surface area contributed by atoms with Gasteiger partial charge in [0.15, 0.2) is 0 Å². The first-order chi connectivity index (χ1) is 14.2. The highest BCUT2D eigenvalue weighted by atomic mass is 16.5. The van der Waals surface area contributed by atoms with E-state index in [1.54, 1.807) is 13.2 Å². The Labute approximate surface area is 169 Å². The Morgan fingerprint density at radius 1 is 1.14 bits per heavy atom. The maximum Gasteiger partial charge on any atom is 0.280 e. The molecule has 1 N–H and O–H groups in total. The van der Waals surface area contributed by atoms with Gasteiger partial charge in [0.2, 0.25) is 5.91 Å². The number of rotatable bonds is 5. The lowest BCUT2D eigenvalue weighted by Gasteiger charge is -2.24. The first-order valence-electron chi connectivity index (χ1n) is 10.1. The van der Waals surface area contributed by atoms with Gasteiger partial charge in [0.25, 0.3) is 5.56 Å². The largest absolute Gasteiger partial charge is 0.497 e. The van der Waals surface area contributed by atoms with Crippen LogP contribution >= 0.6 is 0 Å². The molecule has 29 heavy (non-hydrogen) atoms. The quantitative estimate of drug-likeness (QED) is 0.719. The molecular formula is C23H25N3O3. The smallest absolute Gasteiger partial charge is 0.280 e. The normalized spacial score (nSPS) is 14.7. The molecule has 1 amide bonds. The monoisotopic (exact) mass is 391 g/mol. The average Bonchev–Trinajstić information content (AvgIpc) is 2.76. The van der Waals surface area contributed by atoms with E-state index in [-0.39, 0.29) is 23.8 Å². The number of ether oxygens (including phenoxy) is 1. The zero-order chi connectivity index (χ0) is 20.2. The highest BCUT2D eigenvalue weighted by Gasteiger charge is 2.23. The van der Waals surface area contributed by atoms with Gasteiger partial charge in [0.05, 0.1) is 24.4 Å². The van der Waals surface area contributed by atoms with Crippen LogP contribution in [0.1, 0.15) is 49.4 Å². The first-order valence-corrected chi connectivity index (χ1v) is 10.1. The molecule has 1 fully saturated rings. The van der Waals surface area contributed by atoms with E-state index in [4.69, 9.17) is 9.72 Å². The molecule has 6 heteroatoms. The molecule has 3 aromatic rings. The highest BCUT2D eigenvalue weighted by Crippen LogP contribution is 2.31. The maximum absolute atomic E-state index is 13.2. The van der Waals surface area contributed by atoms with Crippen LogP contribution in [-0.4, -0.2) is 22.7 Å². The van der Waals surface area contributed by atoms with Gasteiger partial charge in [-0.05, 0) is 42.7 Å². The van der Waals surface area contributed by atoms with Crippen molar-refractivity contribution >= 4 is 16.8 Å². The van der Waals surface area contributed by atoms with Crippen molar-refractivity contribution in [1.82, 2.24) is 9.66 Å². The van der Waals surface area contributed by atoms with Gasteiger partial charge in [-0.15, -0.1) is 0 Å².